The predicted molar refractivity (Wildman–Crippen MR) is 108 cm³/mol. The second-order valence-corrected chi connectivity index (χ2v) is 9.31. The number of aliphatic hydroxyl groups excluding tert-OH is 1. The molecule has 6 heteroatoms. The van der Waals surface area contributed by atoms with E-state index in [2.05, 4.69) is 23.5 Å². The minimum absolute atomic E-state index is 0.0143. The molecule has 3 rings (SSSR count). The molecule has 0 saturated carbocycles. The molecule has 1 heterocycles. The first-order chi connectivity index (χ1) is 12.8. The molecule has 0 bridgehead atoms. The highest BCUT2D eigenvalue weighted by atomic mass is 32.2. The van der Waals surface area contributed by atoms with Crippen LogP contribution < -0.4 is 4.72 Å². The third kappa shape index (κ3) is 5.17. The van der Waals surface area contributed by atoms with Crippen molar-refractivity contribution in [3.8, 4) is 11.1 Å². The van der Waals surface area contributed by atoms with Crippen LogP contribution in [-0.4, -0.2) is 50.2 Å². The van der Waals surface area contributed by atoms with Gasteiger partial charge in [-0.1, -0.05) is 49.4 Å². The smallest absolute Gasteiger partial charge is 0.240 e. The summed E-state index contributed by atoms with van der Waals surface area (Å²) in [5.74, 6) is 0.618. The van der Waals surface area contributed by atoms with Gasteiger partial charge >= 0.3 is 0 Å². The van der Waals surface area contributed by atoms with Crippen molar-refractivity contribution in [2.24, 2.45) is 5.92 Å². The standard InChI is InChI=1S/C21H28N2O3S/c1-16-12-17(2)23(14-16)15-20(24)13-22-27(25,26)21-10-8-19(9-11-21)18-6-4-3-5-7-18/h3-11,16-17,20,22,24H,12-15H2,1-2H3/t16?,17?,20-/m0/s1. The Balaban J connectivity index is 1.58. The number of aliphatic hydroxyl groups is 1. The topological polar surface area (TPSA) is 69.6 Å². The van der Waals surface area contributed by atoms with Gasteiger partial charge < -0.3 is 5.11 Å². The van der Waals surface area contributed by atoms with Crippen LogP contribution in [0.2, 0.25) is 0 Å². The largest absolute Gasteiger partial charge is 0.390 e. The summed E-state index contributed by atoms with van der Waals surface area (Å²) in [6.45, 7) is 5.80. The van der Waals surface area contributed by atoms with Crippen molar-refractivity contribution in [3.05, 3.63) is 54.6 Å². The zero-order chi connectivity index (χ0) is 19.4. The normalized spacial score (nSPS) is 22.0. The molecular formula is C21H28N2O3S. The van der Waals surface area contributed by atoms with Crippen LogP contribution in [0.4, 0.5) is 0 Å². The van der Waals surface area contributed by atoms with E-state index in [0.717, 1.165) is 24.1 Å². The summed E-state index contributed by atoms with van der Waals surface area (Å²) in [5.41, 5.74) is 2.01. The first-order valence-electron chi connectivity index (χ1n) is 9.42. The second-order valence-electron chi connectivity index (χ2n) is 7.54. The number of hydrogen-bond acceptors (Lipinski definition) is 4. The van der Waals surface area contributed by atoms with Gasteiger partial charge in [-0.25, -0.2) is 13.1 Å². The highest BCUT2D eigenvalue weighted by Gasteiger charge is 2.27. The Morgan fingerprint density at radius 3 is 2.30 bits per heavy atom. The first-order valence-corrected chi connectivity index (χ1v) is 10.9. The van der Waals surface area contributed by atoms with Crippen LogP contribution >= 0.6 is 0 Å². The Morgan fingerprint density at radius 1 is 1.07 bits per heavy atom. The third-order valence-corrected chi connectivity index (χ3v) is 6.58. The van der Waals surface area contributed by atoms with Gasteiger partial charge in [0.25, 0.3) is 0 Å². The summed E-state index contributed by atoms with van der Waals surface area (Å²) < 4.78 is 27.5. The summed E-state index contributed by atoms with van der Waals surface area (Å²) in [6, 6.07) is 17.0. The van der Waals surface area contributed by atoms with Gasteiger partial charge in [-0.15, -0.1) is 0 Å². The van der Waals surface area contributed by atoms with Gasteiger partial charge in [-0.2, -0.15) is 0 Å². The molecule has 2 unspecified atom stereocenters. The number of rotatable bonds is 7. The van der Waals surface area contributed by atoms with Gasteiger partial charge in [0.1, 0.15) is 0 Å². The van der Waals surface area contributed by atoms with Crippen LogP contribution in [-0.2, 0) is 10.0 Å². The third-order valence-electron chi connectivity index (χ3n) is 5.14. The Hall–Kier alpha value is -1.73. The monoisotopic (exact) mass is 388 g/mol. The Bertz CT molecular complexity index is 837. The molecule has 1 fully saturated rings. The van der Waals surface area contributed by atoms with Gasteiger partial charge in [0.15, 0.2) is 0 Å². The summed E-state index contributed by atoms with van der Waals surface area (Å²) >= 11 is 0. The quantitative estimate of drug-likeness (QED) is 0.765. The molecule has 1 aliphatic heterocycles. The van der Waals surface area contributed by atoms with E-state index in [4.69, 9.17) is 0 Å². The molecule has 0 aliphatic carbocycles. The van der Waals surface area contributed by atoms with Crippen LogP contribution in [0, 0.1) is 5.92 Å². The molecule has 5 nitrogen and oxygen atoms in total. The van der Waals surface area contributed by atoms with Gasteiger partial charge in [-0.05, 0) is 42.5 Å². The molecule has 3 atom stereocenters. The maximum Gasteiger partial charge on any atom is 0.240 e. The lowest BCUT2D eigenvalue weighted by atomic mass is 10.1. The van der Waals surface area contributed by atoms with Gasteiger partial charge in [0, 0.05) is 25.7 Å². The molecule has 1 saturated heterocycles. The molecule has 0 amide bonds. The summed E-state index contributed by atoms with van der Waals surface area (Å²) in [7, 11) is -3.64. The maximum atomic E-state index is 12.5. The van der Waals surface area contributed by atoms with Crippen LogP contribution in [0.3, 0.4) is 0 Å². The Kier molecular flexibility index (Phi) is 6.32. The van der Waals surface area contributed by atoms with Gasteiger partial charge in [0.2, 0.25) is 10.0 Å². The molecule has 146 valence electrons. The average molecular weight is 389 g/mol. The average Bonchev–Trinajstić information content (AvgIpc) is 2.98. The molecule has 2 N–H and O–H groups in total. The van der Waals surface area contributed by atoms with E-state index in [9.17, 15) is 13.5 Å². The van der Waals surface area contributed by atoms with Crippen LogP contribution in [0.5, 0.6) is 0 Å². The minimum atomic E-state index is -3.64. The number of hydrogen-bond donors (Lipinski definition) is 2. The fourth-order valence-electron chi connectivity index (χ4n) is 3.72. The molecule has 0 aromatic heterocycles. The fraction of sp³-hybridized carbons (Fsp3) is 0.429. The van der Waals surface area contributed by atoms with Crippen molar-refractivity contribution in [1.29, 1.82) is 0 Å². The number of benzene rings is 2. The van der Waals surface area contributed by atoms with E-state index < -0.39 is 16.1 Å². The van der Waals surface area contributed by atoms with Crippen LogP contribution in [0.15, 0.2) is 59.5 Å². The molecule has 2 aromatic carbocycles. The summed E-state index contributed by atoms with van der Waals surface area (Å²) in [6.07, 6.45) is 0.391. The summed E-state index contributed by atoms with van der Waals surface area (Å²) in [5, 5.41) is 10.2. The van der Waals surface area contributed by atoms with E-state index >= 15 is 0 Å². The number of nitrogens with zero attached hydrogens (tertiary/aromatic N) is 1. The molecule has 1 aliphatic rings. The van der Waals surface area contributed by atoms with Gasteiger partial charge in [0.05, 0.1) is 11.0 Å². The zero-order valence-corrected chi connectivity index (χ0v) is 16.7. The molecular weight excluding hydrogens is 360 g/mol. The lowest BCUT2D eigenvalue weighted by molar-refractivity contribution is 0.111. The van der Waals surface area contributed by atoms with E-state index in [1.807, 2.05) is 30.3 Å². The Labute approximate surface area is 162 Å². The number of sulfonamides is 1. The number of likely N-dealkylation sites (tertiary alicyclic amines) is 1. The maximum absolute atomic E-state index is 12.5. The van der Waals surface area contributed by atoms with E-state index in [1.54, 1.807) is 24.3 Å². The van der Waals surface area contributed by atoms with Crippen molar-refractivity contribution in [2.75, 3.05) is 19.6 Å². The van der Waals surface area contributed by atoms with Crippen LogP contribution in [0.25, 0.3) is 11.1 Å². The molecule has 27 heavy (non-hydrogen) atoms. The first kappa shape index (κ1) is 20.0. The number of β-amino-alcohol motifs (C(OH)–C–C–N with tert-alkyl or cyclic N) is 1. The fourth-order valence-corrected chi connectivity index (χ4v) is 4.80. The Morgan fingerprint density at radius 2 is 1.70 bits per heavy atom. The van der Waals surface area contributed by atoms with Crippen molar-refractivity contribution < 1.29 is 13.5 Å². The lowest BCUT2D eigenvalue weighted by Crippen LogP contribution is -2.41. The summed E-state index contributed by atoms with van der Waals surface area (Å²) in [4.78, 5) is 2.43. The van der Waals surface area contributed by atoms with Crippen LogP contribution in [0.1, 0.15) is 20.3 Å². The van der Waals surface area contributed by atoms with Crippen molar-refractivity contribution >= 4 is 10.0 Å². The van der Waals surface area contributed by atoms with E-state index in [0.29, 0.717) is 18.5 Å². The number of nitrogens with one attached hydrogen (secondary N) is 1. The molecule has 0 radical (unpaired) electrons. The highest BCUT2D eigenvalue weighted by Crippen LogP contribution is 2.23. The highest BCUT2D eigenvalue weighted by molar-refractivity contribution is 7.89. The van der Waals surface area contributed by atoms with Crippen molar-refractivity contribution in [1.82, 2.24) is 9.62 Å². The van der Waals surface area contributed by atoms with E-state index in [-0.39, 0.29) is 11.4 Å². The lowest BCUT2D eigenvalue weighted by Gasteiger charge is -2.24. The van der Waals surface area contributed by atoms with Gasteiger partial charge in [-0.3, -0.25) is 4.90 Å². The van der Waals surface area contributed by atoms with Crippen molar-refractivity contribution in [2.45, 2.75) is 37.3 Å². The van der Waals surface area contributed by atoms with Crippen molar-refractivity contribution in [3.63, 3.8) is 0 Å². The molecule has 2 aromatic rings. The predicted octanol–water partition coefficient (Wildman–Crippen LogP) is 2.72. The SMILES string of the molecule is CC1CC(C)N(C[C@@H](O)CNS(=O)(=O)c2ccc(-c3ccccc3)cc2)C1. The zero-order valence-electron chi connectivity index (χ0n) is 15.9. The molecule has 0 spiro atoms. The van der Waals surface area contributed by atoms with E-state index in [1.165, 1.54) is 0 Å². The minimum Gasteiger partial charge on any atom is -0.390 e. The second kappa shape index (κ2) is 8.52.